The number of hydrogen-bond donors (Lipinski definition) is 0. The van der Waals surface area contributed by atoms with E-state index in [2.05, 4.69) is 34.3 Å². The Labute approximate surface area is 100 Å². The van der Waals surface area contributed by atoms with Crippen molar-refractivity contribution < 1.29 is 0 Å². The molecule has 0 aromatic carbocycles. The van der Waals surface area contributed by atoms with Gasteiger partial charge in [-0.05, 0) is 12.3 Å². The van der Waals surface area contributed by atoms with Gasteiger partial charge in [0, 0.05) is 0 Å². The summed E-state index contributed by atoms with van der Waals surface area (Å²) < 4.78 is 0. The van der Waals surface area contributed by atoms with Crippen LogP contribution < -0.4 is 0 Å². The number of rotatable bonds is 5. The summed E-state index contributed by atoms with van der Waals surface area (Å²) in [6.45, 7) is 16.5. The fraction of sp³-hybridized carbons (Fsp3) is 0.867. The maximum atomic E-state index is 3.60. The molecule has 96 valence electrons. The van der Waals surface area contributed by atoms with Crippen LogP contribution in [0.25, 0.3) is 0 Å². The lowest BCUT2D eigenvalue weighted by atomic mass is 10.1. The van der Waals surface area contributed by atoms with Crippen molar-refractivity contribution in [1.82, 2.24) is 0 Å². The molecule has 0 amide bonds. The van der Waals surface area contributed by atoms with Gasteiger partial charge in [-0.25, -0.2) is 0 Å². The monoisotopic (exact) mass is 216 g/mol. The van der Waals surface area contributed by atoms with Crippen molar-refractivity contribution >= 4 is 0 Å². The Balaban J connectivity index is -0.0000000653. The molecule has 0 aliphatic rings. The van der Waals surface area contributed by atoms with Crippen LogP contribution in [0.3, 0.4) is 0 Å². The van der Waals surface area contributed by atoms with E-state index < -0.39 is 0 Å². The van der Waals surface area contributed by atoms with Gasteiger partial charge in [0.1, 0.15) is 0 Å². The molecule has 0 saturated heterocycles. The van der Waals surface area contributed by atoms with Crippen molar-refractivity contribution in [2.24, 2.45) is 5.92 Å². The Morgan fingerprint density at radius 3 is 1.53 bits per heavy atom. The highest BCUT2D eigenvalue weighted by Gasteiger charge is 1.88. The first-order chi connectivity index (χ1) is 6.72. The Hall–Kier alpha value is -0.260. The second-order valence-electron chi connectivity index (χ2n) is 3.35. The highest BCUT2D eigenvalue weighted by molar-refractivity contribution is 4.64. The molecule has 0 atom stereocenters. The van der Waals surface area contributed by atoms with E-state index >= 15 is 0 Å². The Bertz CT molecular complexity index is 70.1. The molecule has 0 heteroatoms. The van der Waals surface area contributed by atoms with Crippen LogP contribution in [0.1, 0.15) is 81.1 Å². The van der Waals surface area contributed by atoms with Crippen LogP contribution in [0.15, 0.2) is 12.7 Å². The summed E-state index contributed by atoms with van der Waals surface area (Å²) in [6.07, 6.45) is 8.38. The molecule has 0 bridgehead atoms. The molecule has 0 aliphatic heterocycles. The molecule has 0 aromatic rings. The van der Waals surface area contributed by atoms with E-state index in [1.807, 2.05) is 19.9 Å². The van der Waals surface area contributed by atoms with Crippen molar-refractivity contribution in [3.63, 3.8) is 0 Å². The van der Waals surface area contributed by atoms with Gasteiger partial charge in [-0.3, -0.25) is 0 Å². The smallest absolute Gasteiger partial charge is 0.0354 e. The molecule has 0 saturated carbocycles. The standard InChI is InChI=1S/C6H14.C6H12.C2H6.CH4/c1-4-6(3)5-2;1-3-5-6-4-2;1-2;/h6H,4-5H2,1-3H3;3H,1,4-6H2,2H3;1-2H3;1H4. The van der Waals surface area contributed by atoms with Crippen LogP contribution in [-0.2, 0) is 0 Å². The van der Waals surface area contributed by atoms with Gasteiger partial charge < -0.3 is 0 Å². The van der Waals surface area contributed by atoms with Crippen molar-refractivity contribution in [1.29, 1.82) is 0 Å². The van der Waals surface area contributed by atoms with Gasteiger partial charge in [-0.1, -0.05) is 80.7 Å². The van der Waals surface area contributed by atoms with E-state index in [4.69, 9.17) is 0 Å². The topological polar surface area (TPSA) is 0 Å². The van der Waals surface area contributed by atoms with Crippen LogP contribution in [-0.4, -0.2) is 0 Å². The number of unbranched alkanes of at least 4 members (excludes halogenated alkanes) is 2. The second kappa shape index (κ2) is 29.2. The zero-order valence-corrected chi connectivity index (χ0v) is 11.4. The molecule has 15 heavy (non-hydrogen) atoms. The lowest BCUT2D eigenvalue weighted by Crippen LogP contribution is -1.85. The predicted molar refractivity (Wildman–Crippen MR) is 77.5 cm³/mol. The van der Waals surface area contributed by atoms with Gasteiger partial charge in [0.2, 0.25) is 0 Å². The maximum absolute atomic E-state index is 3.60. The first kappa shape index (κ1) is 24.1. The number of hydrogen-bond acceptors (Lipinski definition) is 0. The summed E-state index contributed by atoms with van der Waals surface area (Å²) in [7, 11) is 0. The zero-order valence-electron chi connectivity index (χ0n) is 11.4. The normalized spacial score (nSPS) is 7.67. The molecule has 0 aromatic heterocycles. The molecule has 0 N–H and O–H groups in total. The van der Waals surface area contributed by atoms with Gasteiger partial charge in [0.05, 0.1) is 0 Å². The van der Waals surface area contributed by atoms with Gasteiger partial charge in [0.15, 0.2) is 0 Å². The summed E-state index contributed by atoms with van der Waals surface area (Å²) in [5, 5.41) is 0. The SMILES string of the molecule is C.C=CCCCC.CC.CCC(C)CC. The van der Waals surface area contributed by atoms with E-state index in [0.29, 0.717) is 0 Å². The molecule has 0 heterocycles. The van der Waals surface area contributed by atoms with E-state index in [1.165, 1.54) is 32.1 Å². The van der Waals surface area contributed by atoms with Crippen molar-refractivity contribution in [3.8, 4) is 0 Å². The first-order valence-corrected chi connectivity index (χ1v) is 6.33. The van der Waals surface area contributed by atoms with E-state index in [9.17, 15) is 0 Å². The number of allylic oxidation sites excluding steroid dienone is 1. The molecule has 0 radical (unpaired) electrons. The van der Waals surface area contributed by atoms with Crippen LogP contribution in [0.4, 0.5) is 0 Å². The Morgan fingerprint density at radius 1 is 1.07 bits per heavy atom. The summed E-state index contributed by atoms with van der Waals surface area (Å²) in [5.41, 5.74) is 0. The van der Waals surface area contributed by atoms with E-state index in [-0.39, 0.29) is 7.43 Å². The van der Waals surface area contributed by atoms with E-state index in [1.54, 1.807) is 0 Å². The zero-order chi connectivity index (χ0) is 11.8. The fourth-order valence-corrected chi connectivity index (χ4v) is 0.637. The molecule has 0 aliphatic carbocycles. The highest BCUT2D eigenvalue weighted by atomic mass is 13.9. The van der Waals surface area contributed by atoms with Gasteiger partial charge >= 0.3 is 0 Å². The minimum Gasteiger partial charge on any atom is -0.103 e. The lowest BCUT2D eigenvalue weighted by molar-refractivity contribution is 0.544. The third kappa shape index (κ3) is 41.7. The minimum absolute atomic E-state index is 0. The molecule has 0 spiro atoms. The van der Waals surface area contributed by atoms with Gasteiger partial charge in [0.25, 0.3) is 0 Å². The molecular formula is C15H36. The summed E-state index contributed by atoms with van der Waals surface area (Å²) in [6, 6.07) is 0. The fourth-order valence-electron chi connectivity index (χ4n) is 0.637. The molecule has 0 unspecified atom stereocenters. The van der Waals surface area contributed by atoms with Crippen molar-refractivity contribution in [3.05, 3.63) is 12.7 Å². The first-order valence-electron chi connectivity index (χ1n) is 6.33. The van der Waals surface area contributed by atoms with Crippen LogP contribution in [0.2, 0.25) is 0 Å². The predicted octanol–water partition coefficient (Wildman–Crippen LogP) is 6.47. The third-order valence-corrected chi connectivity index (χ3v) is 2.16. The van der Waals surface area contributed by atoms with E-state index in [0.717, 1.165) is 5.92 Å². The van der Waals surface area contributed by atoms with Crippen LogP contribution >= 0.6 is 0 Å². The van der Waals surface area contributed by atoms with Crippen LogP contribution in [0, 0.1) is 5.92 Å². The van der Waals surface area contributed by atoms with Crippen molar-refractivity contribution in [2.45, 2.75) is 81.1 Å². The largest absolute Gasteiger partial charge is 0.103 e. The van der Waals surface area contributed by atoms with Crippen LogP contribution in [0.5, 0.6) is 0 Å². The molecule has 0 nitrogen and oxygen atoms in total. The second-order valence-corrected chi connectivity index (χ2v) is 3.35. The van der Waals surface area contributed by atoms with Crippen molar-refractivity contribution in [2.75, 3.05) is 0 Å². The average Bonchev–Trinajstić information content (AvgIpc) is 2.28. The minimum atomic E-state index is 0. The third-order valence-electron chi connectivity index (χ3n) is 2.16. The summed E-state index contributed by atoms with van der Waals surface area (Å²) >= 11 is 0. The molecule has 0 fully saturated rings. The maximum Gasteiger partial charge on any atom is -0.0354 e. The highest BCUT2D eigenvalue weighted by Crippen LogP contribution is 2.02. The molecule has 0 rings (SSSR count). The Morgan fingerprint density at radius 2 is 1.47 bits per heavy atom. The summed E-state index contributed by atoms with van der Waals surface area (Å²) in [4.78, 5) is 0. The lowest BCUT2D eigenvalue weighted by Gasteiger charge is -1.98. The van der Waals surface area contributed by atoms with Gasteiger partial charge in [-0.15, -0.1) is 6.58 Å². The molecular weight excluding hydrogens is 180 g/mol. The Kier molecular flexibility index (Phi) is 47.0. The average molecular weight is 216 g/mol. The quantitative estimate of drug-likeness (QED) is 0.365. The van der Waals surface area contributed by atoms with Gasteiger partial charge in [-0.2, -0.15) is 0 Å². The summed E-state index contributed by atoms with van der Waals surface area (Å²) in [5.74, 6) is 0.935.